The van der Waals surface area contributed by atoms with Crippen LogP contribution in [0.3, 0.4) is 0 Å². The fraction of sp³-hybridized carbons (Fsp3) is 0.467. The summed E-state index contributed by atoms with van der Waals surface area (Å²) in [7, 11) is 0. The van der Waals surface area contributed by atoms with Crippen LogP contribution in [0.1, 0.15) is 50.5 Å². The number of carbonyl (C=O) groups excluding carboxylic acids is 2. The average molecular weight is 276 g/mol. The molecule has 108 valence electrons. The zero-order valence-corrected chi connectivity index (χ0v) is 12.5. The maximum Gasteiger partial charge on any atom is 0.418 e. The smallest absolute Gasteiger partial charge is 0.418 e. The molecule has 0 saturated carbocycles. The van der Waals surface area contributed by atoms with E-state index in [0.717, 1.165) is 10.5 Å². The van der Waals surface area contributed by atoms with E-state index in [9.17, 15) is 9.59 Å². The van der Waals surface area contributed by atoms with Crippen molar-refractivity contribution in [3.05, 3.63) is 29.3 Å². The van der Waals surface area contributed by atoms with Crippen LogP contribution in [0.4, 0.5) is 10.5 Å². The molecule has 0 aliphatic carbocycles. The van der Waals surface area contributed by atoms with Gasteiger partial charge in [-0.1, -0.05) is 0 Å². The molecular formula is C15H20N2O3. The van der Waals surface area contributed by atoms with Crippen molar-refractivity contribution in [2.45, 2.75) is 45.8 Å². The molecule has 2 rings (SSSR count). The molecule has 0 unspecified atom stereocenters. The summed E-state index contributed by atoms with van der Waals surface area (Å²) in [5, 5.41) is 0. The van der Waals surface area contributed by atoms with E-state index >= 15 is 0 Å². The number of imide groups is 1. The van der Waals surface area contributed by atoms with Crippen molar-refractivity contribution in [2.75, 3.05) is 5.73 Å². The molecule has 0 spiro atoms. The number of fused-ring (bicyclic) bond motifs is 1. The molecule has 20 heavy (non-hydrogen) atoms. The fourth-order valence-corrected chi connectivity index (χ4v) is 2.37. The second kappa shape index (κ2) is 4.23. The molecule has 0 saturated heterocycles. The highest BCUT2D eigenvalue weighted by Gasteiger charge is 2.48. The Morgan fingerprint density at radius 1 is 1.30 bits per heavy atom. The minimum Gasteiger partial charge on any atom is -0.443 e. The van der Waals surface area contributed by atoms with Crippen molar-refractivity contribution in [3.63, 3.8) is 0 Å². The maximum absolute atomic E-state index is 12.4. The van der Waals surface area contributed by atoms with Crippen molar-refractivity contribution >= 4 is 17.7 Å². The van der Waals surface area contributed by atoms with E-state index in [1.54, 1.807) is 52.8 Å². The predicted octanol–water partition coefficient (Wildman–Crippen LogP) is 2.89. The van der Waals surface area contributed by atoms with Gasteiger partial charge in [-0.15, -0.1) is 0 Å². The number of hydrogen-bond acceptors (Lipinski definition) is 4. The van der Waals surface area contributed by atoms with Gasteiger partial charge in [0.05, 0.1) is 5.54 Å². The number of benzene rings is 1. The molecule has 0 bridgehead atoms. The molecule has 1 aromatic carbocycles. The van der Waals surface area contributed by atoms with E-state index in [1.807, 2.05) is 0 Å². The molecule has 2 N–H and O–H groups in total. The van der Waals surface area contributed by atoms with Crippen LogP contribution in [-0.2, 0) is 10.3 Å². The number of carbonyl (C=O) groups is 2. The minimum absolute atomic E-state index is 0.348. The third kappa shape index (κ3) is 2.24. The summed E-state index contributed by atoms with van der Waals surface area (Å²) in [6.07, 6.45) is -0.637. The Hall–Kier alpha value is -2.04. The Kier molecular flexibility index (Phi) is 3.04. The molecule has 0 radical (unpaired) electrons. The number of ether oxygens (including phenoxy) is 1. The third-order valence-electron chi connectivity index (χ3n) is 3.27. The van der Waals surface area contributed by atoms with Crippen molar-refractivity contribution in [1.29, 1.82) is 0 Å². The van der Waals surface area contributed by atoms with Crippen LogP contribution in [0.15, 0.2) is 18.2 Å². The van der Waals surface area contributed by atoms with E-state index in [2.05, 4.69) is 0 Å². The summed E-state index contributed by atoms with van der Waals surface area (Å²) in [6, 6.07) is 5.04. The van der Waals surface area contributed by atoms with Crippen molar-refractivity contribution in [3.8, 4) is 0 Å². The molecule has 2 amide bonds. The second-order valence-electron chi connectivity index (χ2n) is 6.48. The van der Waals surface area contributed by atoms with Crippen LogP contribution in [0, 0.1) is 0 Å². The van der Waals surface area contributed by atoms with Crippen LogP contribution >= 0.6 is 0 Å². The Morgan fingerprint density at radius 3 is 2.45 bits per heavy atom. The third-order valence-corrected chi connectivity index (χ3v) is 3.27. The van der Waals surface area contributed by atoms with E-state index in [1.165, 1.54) is 0 Å². The zero-order chi connectivity index (χ0) is 15.3. The average Bonchev–Trinajstić information content (AvgIpc) is 2.44. The number of amides is 2. The molecule has 0 atom stereocenters. The Balaban J connectivity index is 2.44. The van der Waals surface area contributed by atoms with E-state index < -0.39 is 17.2 Å². The molecule has 5 nitrogen and oxygen atoms in total. The van der Waals surface area contributed by atoms with Crippen LogP contribution in [0.5, 0.6) is 0 Å². The summed E-state index contributed by atoms with van der Waals surface area (Å²) in [6.45, 7) is 8.91. The summed E-state index contributed by atoms with van der Waals surface area (Å²) in [5.74, 6) is -0.348. The van der Waals surface area contributed by atoms with Crippen LogP contribution in [0.25, 0.3) is 0 Å². The van der Waals surface area contributed by atoms with Crippen LogP contribution < -0.4 is 5.73 Å². The molecule has 1 aliphatic rings. The predicted molar refractivity (Wildman–Crippen MR) is 76.3 cm³/mol. The highest BCUT2D eigenvalue weighted by molar-refractivity contribution is 6.08. The largest absolute Gasteiger partial charge is 0.443 e. The van der Waals surface area contributed by atoms with Gasteiger partial charge in [0.1, 0.15) is 5.60 Å². The lowest BCUT2D eigenvalue weighted by Gasteiger charge is -2.32. The van der Waals surface area contributed by atoms with Gasteiger partial charge >= 0.3 is 6.09 Å². The number of nitrogens with zero attached hydrogens (tertiary/aromatic N) is 1. The SMILES string of the molecule is CC(C)(C)OC(=O)N1C(=O)c2ccc(N)cc2C1(C)C. The van der Waals surface area contributed by atoms with Gasteiger partial charge in [-0.05, 0) is 58.4 Å². The van der Waals surface area contributed by atoms with Crippen molar-refractivity contribution < 1.29 is 14.3 Å². The molecule has 1 aliphatic heterocycles. The Labute approximate surface area is 118 Å². The minimum atomic E-state index is -0.774. The monoisotopic (exact) mass is 276 g/mol. The van der Waals surface area contributed by atoms with Gasteiger partial charge in [-0.2, -0.15) is 0 Å². The molecule has 1 heterocycles. The van der Waals surface area contributed by atoms with Crippen LogP contribution in [-0.4, -0.2) is 22.5 Å². The summed E-state index contributed by atoms with van der Waals surface area (Å²) < 4.78 is 5.32. The van der Waals surface area contributed by atoms with Gasteiger partial charge in [0.2, 0.25) is 0 Å². The normalized spacial score (nSPS) is 17.1. The summed E-state index contributed by atoms with van der Waals surface area (Å²) in [5.41, 5.74) is 6.15. The lowest BCUT2D eigenvalue weighted by Crippen LogP contribution is -2.46. The van der Waals surface area contributed by atoms with E-state index in [0.29, 0.717) is 11.3 Å². The number of nitrogens with two attached hydrogens (primary N) is 1. The Morgan fingerprint density at radius 2 is 1.90 bits per heavy atom. The molecule has 1 aromatic rings. The van der Waals surface area contributed by atoms with Crippen molar-refractivity contribution in [1.82, 2.24) is 4.90 Å². The number of hydrogen-bond donors (Lipinski definition) is 1. The first-order chi connectivity index (χ1) is 9.04. The van der Waals surface area contributed by atoms with E-state index in [4.69, 9.17) is 10.5 Å². The van der Waals surface area contributed by atoms with Crippen molar-refractivity contribution in [2.24, 2.45) is 0 Å². The summed E-state index contributed by atoms with van der Waals surface area (Å²) in [4.78, 5) is 25.9. The fourth-order valence-electron chi connectivity index (χ4n) is 2.37. The highest BCUT2D eigenvalue weighted by atomic mass is 16.6. The van der Waals surface area contributed by atoms with Gasteiger partial charge in [0, 0.05) is 11.3 Å². The molecule has 0 aromatic heterocycles. The molecule has 5 heteroatoms. The summed E-state index contributed by atoms with van der Waals surface area (Å²) >= 11 is 0. The lowest BCUT2D eigenvalue weighted by atomic mass is 9.93. The number of anilines is 1. The van der Waals surface area contributed by atoms with Gasteiger partial charge < -0.3 is 10.5 Å². The van der Waals surface area contributed by atoms with E-state index in [-0.39, 0.29) is 5.91 Å². The van der Waals surface area contributed by atoms with Crippen LogP contribution in [0.2, 0.25) is 0 Å². The first-order valence-corrected chi connectivity index (χ1v) is 6.51. The Bertz CT molecular complexity index is 585. The highest BCUT2D eigenvalue weighted by Crippen LogP contribution is 2.40. The first-order valence-electron chi connectivity index (χ1n) is 6.51. The molecular weight excluding hydrogens is 256 g/mol. The quantitative estimate of drug-likeness (QED) is 0.739. The second-order valence-corrected chi connectivity index (χ2v) is 6.48. The van der Waals surface area contributed by atoms with Gasteiger partial charge in [0.15, 0.2) is 0 Å². The molecule has 0 fully saturated rings. The lowest BCUT2D eigenvalue weighted by molar-refractivity contribution is 0.00938. The van der Waals surface area contributed by atoms with Gasteiger partial charge in [-0.25, -0.2) is 9.69 Å². The maximum atomic E-state index is 12.4. The number of rotatable bonds is 0. The topological polar surface area (TPSA) is 72.6 Å². The first kappa shape index (κ1) is 14.4. The zero-order valence-electron chi connectivity index (χ0n) is 12.5. The van der Waals surface area contributed by atoms with Gasteiger partial charge in [-0.3, -0.25) is 4.79 Å². The van der Waals surface area contributed by atoms with Gasteiger partial charge in [0.25, 0.3) is 5.91 Å². The number of nitrogen functional groups attached to an aromatic ring is 1. The standard InChI is InChI=1S/C15H20N2O3/c1-14(2,3)20-13(19)17-12(18)10-7-6-9(16)8-11(10)15(17,4)5/h6-8H,16H2,1-5H3.